The van der Waals surface area contributed by atoms with Crippen molar-refractivity contribution >= 4 is 5.78 Å². The molecule has 1 aromatic carbocycles. The Balaban J connectivity index is 3.13. The summed E-state index contributed by atoms with van der Waals surface area (Å²) < 4.78 is 10.3. The number of carbonyl (C=O) groups is 1. The molecule has 0 radical (unpaired) electrons. The predicted octanol–water partition coefficient (Wildman–Crippen LogP) is 2.93. The summed E-state index contributed by atoms with van der Waals surface area (Å²) in [6, 6.07) is 7.21. The highest BCUT2D eigenvalue weighted by Crippen LogP contribution is 2.31. The Morgan fingerprint density at radius 3 is 2.42 bits per heavy atom. The van der Waals surface area contributed by atoms with Crippen molar-refractivity contribution in [2.75, 3.05) is 14.2 Å². The first-order valence-corrected chi connectivity index (χ1v) is 6.24. The molecule has 0 N–H and O–H groups in total. The first-order valence-electron chi connectivity index (χ1n) is 6.24. The Morgan fingerprint density at radius 2 is 1.95 bits per heavy atom. The van der Waals surface area contributed by atoms with Crippen LogP contribution in [-0.2, 0) is 4.79 Å². The number of Topliss-reactive ketones (excluding diaryl/α,β-unsaturated/α-hetero) is 1. The van der Waals surface area contributed by atoms with Gasteiger partial charge in [-0.15, -0.1) is 0 Å². The van der Waals surface area contributed by atoms with Crippen molar-refractivity contribution in [2.45, 2.75) is 26.2 Å². The van der Waals surface area contributed by atoms with Gasteiger partial charge in [-0.05, 0) is 24.1 Å². The number of nitrogens with zero attached hydrogens (tertiary/aromatic N) is 1. The van der Waals surface area contributed by atoms with Gasteiger partial charge in [-0.1, -0.05) is 19.9 Å². The number of rotatable bonds is 6. The zero-order valence-corrected chi connectivity index (χ0v) is 11.8. The van der Waals surface area contributed by atoms with E-state index in [0.717, 1.165) is 6.42 Å². The van der Waals surface area contributed by atoms with E-state index in [0.29, 0.717) is 17.1 Å². The quantitative estimate of drug-likeness (QED) is 0.790. The summed E-state index contributed by atoms with van der Waals surface area (Å²) in [6.07, 6.45) is 0.726. The van der Waals surface area contributed by atoms with Crippen LogP contribution in [0.25, 0.3) is 0 Å². The highest BCUT2D eigenvalue weighted by molar-refractivity contribution is 5.90. The second kappa shape index (κ2) is 6.79. The average Bonchev–Trinajstić information content (AvgIpc) is 2.46. The fourth-order valence-electron chi connectivity index (χ4n) is 1.82. The lowest BCUT2D eigenvalue weighted by Gasteiger charge is -2.15. The first kappa shape index (κ1) is 15.0. The van der Waals surface area contributed by atoms with Gasteiger partial charge in [0.1, 0.15) is 5.92 Å². The van der Waals surface area contributed by atoms with Gasteiger partial charge >= 0.3 is 0 Å². The number of methoxy groups -OCH3 is 2. The van der Waals surface area contributed by atoms with Crippen molar-refractivity contribution in [1.29, 1.82) is 5.26 Å². The summed E-state index contributed by atoms with van der Waals surface area (Å²) in [5.41, 5.74) is 0.644. The lowest BCUT2D eigenvalue weighted by molar-refractivity contribution is -0.122. The highest BCUT2D eigenvalue weighted by atomic mass is 16.5. The standard InChI is InChI=1S/C15H19NO3/c1-5-10(2)15(17)12(9-16)11-6-7-13(18-3)14(8-11)19-4/h6-8,10,12H,5H2,1-4H3. The van der Waals surface area contributed by atoms with Gasteiger partial charge in [0.25, 0.3) is 0 Å². The molecular formula is C15H19NO3. The summed E-state index contributed by atoms with van der Waals surface area (Å²) in [6.45, 7) is 3.78. The molecule has 2 atom stereocenters. The molecule has 102 valence electrons. The van der Waals surface area contributed by atoms with Crippen molar-refractivity contribution in [2.24, 2.45) is 5.92 Å². The number of nitriles is 1. The fourth-order valence-corrected chi connectivity index (χ4v) is 1.82. The van der Waals surface area contributed by atoms with Crippen molar-refractivity contribution in [3.63, 3.8) is 0 Å². The molecule has 4 nitrogen and oxygen atoms in total. The zero-order chi connectivity index (χ0) is 14.4. The van der Waals surface area contributed by atoms with E-state index in [2.05, 4.69) is 6.07 Å². The second-order valence-corrected chi connectivity index (χ2v) is 4.39. The molecule has 0 aromatic heterocycles. The van der Waals surface area contributed by atoms with Crippen LogP contribution in [0.3, 0.4) is 0 Å². The summed E-state index contributed by atoms with van der Waals surface area (Å²) in [5.74, 6) is 0.167. The van der Waals surface area contributed by atoms with Crippen LogP contribution in [0.4, 0.5) is 0 Å². The van der Waals surface area contributed by atoms with Crippen molar-refractivity contribution < 1.29 is 14.3 Å². The van der Waals surface area contributed by atoms with E-state index in [1.54, 1.807) is 25.3 Å². The fraction of sp³-hybridized carbons (Fsp3) is 0.467. The van der Waals surface area contributed by atoms with Crippen LogP contribution in [-0.4, -0.2) is 20.0 Å². The van der Waals surface area contributed by atoms with E-state index in [1.807, 2.05) is 13.8 Å². The molecule has 0 heterocycles. The average molecular weight is 261 g/mol. The van der Waals surface area contributed by atoms with E-state index in [-0.39, 0.29) is 11.7 Å². The van der Waals surface area contributed by atoms with Crippen LogP contribution in [0.1, 0.15) is 31.7 Å². The second-order valence-electron chi connectivity index (χ2n) is 4.39. The third-order valence-corrected chi connectivity index (χ3v) is 3.25. The van der Waals surface area contributed by atoms with E-state index in [1.165, 1.54) is 7.11 Å². The van der Waals surface area contributed by atoms with Crippen LogP contribution >= 0.6 is 0 Å². The minimum Gasteiger partial charge on any atom is -0.493 e. The van der Waals surface area contributed by atoms with Crippen LogP contribution < -0.4 is 9.47 Å². The largest absolute Gasteiger partial charge is 0.493 e. The monoisotopic (exact) mass is 261 g/mol. The van der Waals surface area contributed by atoms with E-state index >= 15 is 0 Å². The minimum absolute atomic E-state index is 0.0581. The molecule has 0 amide bonds. The molecule has 19 heavy (non-hydrogen) atoms. The molecule has 4 heteroatoms. The molecule has 0 saturated carbocycles. The Hall–Kier alpha value is -2.02. The van der Waals surface area contributed by atoms with Gasteiger partial charge in [-0.3, -0.25) is 4.79 Å². The Bertz CT molecular complexity index is 491. The van der Waals surface area contributed by atoms with Gasteiger partial charge in [0, 0.05) is 5.92 Å². The molecule has 1 rings (SSSR count). The van der Waals surface area contributed by atoms with Gasteiger partial charge in [-0.2, -0.15) is 5.26 Å². The molecule has 0 fully saturated rings. The van der Waals surface area contributed by atoms with Crippen LogP contribution in [0, 0.1) is 17.2 Å². The maximum Gasteiger partial charge on any atom is 0.161 e. The molecule has 0 saturated heterocycles. The molecule has 0 aliphatic heterocycles. The molecule has 0 aliphatic rings. The SMILES string of the molecule is CCC(C)C(=O)C(C#N)c1ccc(OC)c(OC)c1. The Kier molecular flexibility index (Phi) is 5.37. The molecule has 1 aromatic rings. The number of hydrogen-bond donors (Lipinski definition) is 0. The van der Waals surface area contributed by atoms with Crippen LogP contribution in [0.15, 0.2) is 18.2 Å². The molecule has 0 aliphatic carbocycles. The maximum atomic E-state index is 12.2. The van der Waals surface area contributed by atoms with E-state index in [9.17, 15) is 10.1 Å². The molecule has 2 unspecified atom stereocenters. The first-order chi connectivity index (χ1) is 9.08. The summed E-state index contributed by atoms with van der Waals surface area (Å²) in [5, 5.41) is 9.24. The van der Waals surface area contributed by atoms with Gasteiger partial charge < -0.3 is 9.47 Å². The molecular weight excluding hydrogens is 242 g/mol. The van der Waals surface area contributed by atoms with Crippen molar-refractivity contribution in [1.82, 2.24) is 0 Å². The van der Waals surface area contributed by atoms with Gasteiger partial charge in [0.05, 0.1) is 20.3 Å². The third kappa shape index (κ3) is 3.25. The van der Waals surface area contributed by atoms with Gasteiger partial charge in [-0.25, -0.2) is 0 Å². The normalized spacial score (nSPS) is 13.2. The third-order valence-electron chi connectivity index (χ3n) is 3.25. The topological polar surface area (TPSA) is 59.3 Å². The Labute approximate surface area is 113 Å². The van der Waals surface area contributed by atoms with Gasteiger partial charge in [0.2, 0.25) is 0 Å². The van der Waals surface area contributed by atoms with Crippen LogP contribution in [0.5, 0.6) is 11.5 Å². The van der Waals surface area contributed by atoms with Crippen molar-refractivity contribution in [3.8, 4) is 17.6 Å². The lowest BCUT2D eigenvalue weighted by atomic mass is 9.88. The predicted molar refractivity (Wildman–Crippen MR) is 72.4 cm³/mol. The smallest absolute Gasteiger partial charge is 0.161 e. The number of ether oxygens (including phenoxy) is 2. The van der Waals surface area contributed by atoms with Crippen molar-refractivity contribution in [3.05, 3.63) is 23.8 Å². The molecule has 0 bridgehead atoms. The van der Waals surface area contributed by atoms with E-state index < -0.39 is 5.92 Å². The van der Waals surface area contributed by atoms with Crippen LogP contribution in [0.2, 0.25) is 0 Å². The maximum absolute atomic E-state index is 12.2. The summed E-state index contributed by atoms with van der Waals surface area (Å²) >= 11 is 0. The number of carbonyl (C=O) groups excluding carboxylic acids is 1. The summed E-state index contributed by atoms with van der Waals surface area (Å²) in [7, 11) is 3.07. The number of hydrogen-bond acceptors (Lipinski definition) is 4. The lowest BCUT2D eigenvalue weighted by Crippen LogP contribution is -2.18. The minimum atomic E-state index is -0.755. The Morgan fingerprint density at radius 1 is 1.32 bits per heavy atom. The number of benzene rings is 1. The van der Waals surface area contributed by atoms with E-state index in [4.69, 9.17) is 9.47 Å². The highest BCUT2D eigenvalue weighted by Gasteiger charge is 2.25. The zero-order valence-electron chi connectivity index (χ0n) is 11.8. The molecule has 0 spiro atoms. The summed E-state index contributed by atoms with van der Waals surface area (Å²) in [4.78, 5) is 12.2. The number of ketones is 1. The van der Waals surface area contributed by atoms with Gasteiger partial charge in [0.15, 0.2) is 17.3 Å².